The van der Waals surface area contributed by atoms with Crippen molar-refractivity contribution in [3.8, 4) is 0 Å². The van der Waals surface area contributed by atoms with Crippen LogP contribution in [0.15, 0.2) is 0 Å². The Morgan fingerprint density at radius 1 is 1.39 bits per heavy atom. The Labute approximate surface area is 108 Å². The standard InChI is InChI=1S/C12H24N2O4/c1-6-18-8-9(2)13-11(17)14(7-10(15)16)12(3,4)5/h9H,6-8H2,1-5H3,(H,13,17)(H,15,16). The highest BCUT2D eigenvalue weighted by molar-refractivity contribution is 5.80. The maximum Gasteiger partial charge on any atom is 0.323 e. The van der Waals surface area contributed by atoms with Gasteiger partial charge in [-0.3, -0.25) is 4.79 Å². The predicted octanol–water partition coefficient (Wildman–Crippen LogP) is 1.31. The summed E-state index contributed by atoms with van der Waals surface area (Å²) in [5, 5.41) is 11.6. The summed E-state index contributed by atoms with van der Waals surface area (Å²) < 4.78 is 5.19. The van der Waals surface area contributed by atoms with E-state index in [9.17, 15) is 9.59 Å². The monoisotopic (exact) mass is 260 g/mol. The number of amides is 2. The minimum Gasteiger partial charge on any atom is -0.480 e. The van der Waals surface area contributed by atoms with Crippen molar-refractivity contribution in [2.45, 2.75) is 46.2 Å². The number of ether oxygens (including phenoxy) is 1. The van der Waals surface area contributed by atoms with Gasteiger partial charge < -0.3 is 20.1 Å². The normalized spacial score (nSPS) is 12.9. The summed E-state index contributed by atoms with van der Waals surface area (Å²) in [4.78, 5) is 24.1. The SMILES string of the molecule is CCOCC(C)NC(=O)N(CC(=O)O)C(C)(C)C. The molecule has 0 aromatic rings. The summed E-state index contributed by atoms with van der Waals surface area (Å²) in [6, 6.07) is -0.548. The smallest absolute Gasteiger partial charge is 0.323 e. The average Bonchev–Trinajstić information content (AvgIpc) is 2.21. The van der Waals surface area contributed by atoms with Crippen LogP contribution in [-0.4, -0.2) is 53.3 Å². The van der Waals surface area contributed by atoms with Crippen molar-refractivity contribution in [3.63, 3.8) is 0 Å². The summed E-state index contributed by atoms with van der Waals surface area (Å²) in [5.74, 6) is -1.03. The van der Waals surface area contributed by atoms with E-state index < -0.39 is 17.5 Å². The van der Waals surface area contributed by atoms with Crippen LogP contribution in [0.2, 0.25) is 0 Å². The fourth-order valence-corrected chi connectivity index (χ4v) is 1.37. The third kappa shape index (κ3) is 6.44. The van der Waals surface area contributed by atoms with Gasteiger partial charge in [0.1, 0.15) is 6.54 Å². The molecule has 6 heteroatoms. The van der Waals surface area contributed by atoms with Gasteiger partial charge in [-0.1, -0.05) is 0 Å². The molecule has 18 heavy (non-hydrogen) atoms. The van der Waals surface area contributed by atoms with Crippen molar-refractivity contribution in [1.29, 1.82) is 0 Å². The van der Waals surface area contributed by atoms with Crippen molar-refractivity contribution in [2.75, 3.05) is 19.8 Å². The van der Waals surface area contributed by atoms with Crippen LogP contribution in [0.25, 0.3) is 0 Å². The van der Waals surface area contributed by atoms with Crippen LogP contribution in [0.5, 0.6) is 0 Å². The van der Waals surface area contributed by atoms with E-state index in [1.807, 2.05) is 13.8 Å². The molecule has 0 saturated heterocycles. The number of nitrogens with zero attached hydrogens (tertiary/aromatic N) is 1. The van der Waals surface area contributed by atoms with E-state index in [4.69, 9.17) is 9.84 Å². The Morgan fingerprint density at radius 3 is 2.33 bits per heavy atom. The molecule has 0 aromatic carbocycles. The summed E-state index contributed by atoms with van der Waals surface area (Å²) in [7, 11) is 0. The number of hydrogen-bond donors (Lipinski definition) is 2. The molecule has 0 spiro atoms. The minimum absolute atomic E-state index is 0.156. The van der Waals surface area contributed by atoms with Gasteiger partial charge >= 0.3 is 12.0 Å². The third-order valence-electron chi connectivity index (χ3n) is 2.29. The zero-order valence-corrected chi connectivity index (χ0v) is 11.8. The first-order valence-corrected chi connectivity index (χ1v) is 6.06. The van der Waals surface area contributed by atoms with Gasteiger partial charge in [0.15, 0.2) is 0 Å². The van der Waals surface area contributed by atoms with Crippen molar-refractivity contribution in [2.24, 2.45) is 0 Å². The first-order chi connectivity index (χ1) is 8.18. The van der Waals surface area contributed by atoms with E-state index in [2.05, 4.69) is 5.32 Å². The number of aliphatic carboxylic acids is 1. The first kappa shape index (κ1) is 16.7. The number of carbonyl (C=O) groups excluding carboxylic acids is 1. The van der Waals surface area contributed by atoms with E-state index in [1.54, 1.807) is 20.8 Å². The van der Waals surface area contributed by atoms with Crippen LogP contribution in [-0.2, 0) is 9.53 Å². The van der Waals surface area contributed by atoms with Crippen molar-refractivity contribution >= 4 is 12.0 Å². The molecule has 6 nitrogen and oxygen atoms in total. The second-order valence-electron chi connectivity index (χ2n) is 5.16. The van der Waals surface area contributed by atoms with Crippen LogP contribution >= 0.6 is 0 Å². The Bertz CT molecular complexity index is 286. The van der Waals surface area contributed by atoms with E-state index in [0.29, 0.717) is 13.2 Å². The maximum absolute atomic E-state index is 12.0. The Hall–Kier alpha value is -1.30. The molecule has 2 N–H and O–H groups in total. The molecule has 0 bridgehead atoms. The molecule has 0 rings (SSSR count). The number of nitrogens with one attached hydrogen (secondary N) is 1. The molecular weight excluding hydrogens is 236 g/mol. The molecule has 0 radical (unpaired) electrons. The average molecular weight is 260 g/mol. The molecule has 0 fully saturated rings. The lowest BCUT2D eigenvalue weighted by atomic mass is 10.1. The number of rotatable bonds is 6. The highest BCUT2D eigenvalue weighted by atomic mass is 16.5. The number of carbonyl (C=O) groups is 2. The summed E-state index contributed by atoms with van der Waals surface area (Å²) in [6.07, 6.45) is 0. The van der Waals surface area contributed by atoms with Gasteiger partial charge in [0.05, 0.1) is 12.6 Å². The Kier molecular flexibility index (Phi) is 6.68. The van der Waals surface area contributed by atoms with Gasteiger partial charge in [0.2, 0.25) is 0 Å². The van der Waals surface area contributed by atoms with Gasteiger partial charge in [-0.05, 0) is 34.6 Å². The molecule has 1 atom stereocenters. The van der Waals surface area contributed by atoms with Crippen molar-refractivity contribution in [3.05, 3.63) is 0 Å². The predicted molar refractivity (Wildman–Crippen MR) is 68.6 cm³/mol. The summed E-state index contributed by atoms with van der Waals surface area (Å²) in [6.45, 7) is 9.74. The number of carboxylic acids is 1. The fourth-order valence-electron chi connectivity index (χ4n) is 1.37. The molecule has 0 aliphatic carbocycles. The van der Waals surface area contributed by atoms with E-state index in [-0.39, 0.29) is 12.6 Å². The quantitative estimate of drug-likeness (QED) is 0.754. The molecule has 0 aliphatic rings. The van der Waals surface area contributed by atoms with Crippen LogP contribution in [0.1, 0.15) is 34.6 Å². The Morgan fingerprint density at radius 2 is 1.94 bits per heavy atom. The highest BCUT2D eigenvalue weighted by Gasteiger charge is 2.28. The molecule has 0 saturated carbocycles. The van der Waals surface area contributed by atoms with Crippen molar-refractivity contribution in [1.82, 2.24) is 10.2 Å². The van der Waals surface area contributed by atoms with Gasteiger partial charge in [0, 0.05) is 12.1 Å². The highest BCUT2D eigenvalue weighted by Crippen LogP contribution is 2.13. The second-order valence-corrected chi connectivity index (χ2v) is 5.16. The van der Waals surface area contributed by atoms with Gasteiger partial charge in [0.25, 0.3) is 0 Å². The van der Waals surface area contributed by atoms with Crippen LogP contribution in [0, 0.1) is 0 Å². The third-order valence-corrected chi connectivity index (χ3v) is 2.29. The zero-order valence-electron chi connectivity index (χ0n) is 11.8. The number of urea groups is 1. The van der Waals surface area contributed by atoms with Crippen molar-refractivity contribution < 1.29 is 19.4 Å². The minimum atomic E-state index is -1.03. The van der Waals surface area contributed by atoms with E-state index >= 15 is 0 Å². The molecule has 0 heterocycles. The van der Waals surface area contributed by atoms with Crippen LogP contribution in [0.3, 0.4) is 0 Å². The molecule has 1 unspecified atom stereocenters. The first-order valence-electron chi connectivity index (χ1n) is 6.06. The lowest BCUT2D eigenvalue weighted by Crippen LogP contribution is -2.54. The second kappa shape index (κ2) is 7.20. The maximum atomic E-state index is 12.0. The molecule has 106 valence electrons. The molecular formula is C12H24N2O4. The lowest BCUT2D eigenvalue weighted by Gasteiger charge is -2.35. The molecule has 0 aliphatic heterocycles. The number of hydrogen-bond acceptors (Lipinski definition) is 3. The lowest BCUT2D eigenvalue weighted by molar-refractivity contribution is -0.138. The fraction of sp³-hybridized carbons (Fsp3) is 0.833. The van der Waals surface area contributed by atoms with E-state index in [0.717, 1.165) is 0 Å². The van der Waals surface area contributed by atoms with Gasteiger partial charge in [-0.2, -0.15) is 0 Å². The Balaban J connectivity index is 4.52. The largest absolute Gasteiger partial charge is 0.480 e. The van der Waals surface area contributed by atoms with Crippen LogP contribution in [0.4, 0.5) is 4.79 Å². The van der Waals surface area contributed by atoms with E-state index in [1.165, 1.54) is 4.90 Å². The summed E-state index contributed by atoms with van der Waals surface area (Å²) in [5.41, 5.74) is -0.548. The molecule has 2 amide bonds. The van der Waals surface area contributed by atoms with Gasteiger partial charge in [-0.25, -0.2) is 4.79 Å². The van der Waals surface area contributed by atoms with Gasteiger partial charge in [-0.15, -0.1) is 0 Å². The topological polar surface area (TPSA) is 78.9 Å². The van der Waals surface area contributed by atoms with Crippen LogP contribution < -0.4 is 5.32 Å². The molecule has 0 aromatic heterocycles. The number of carboxylic acid groups (broad SMARTS) is 1. The summed E-state index contributed by atoms with van der Waals surface area (Å²) >= 11 is 0. The zero-order chi connectivity index (χ0) is 14.3.